The number of carbonyl (C=O) groups excluding carboxylic acids is 1. The fraction of sp³-hybridized carbons (Fsp3) is 0.385. The molecule has 192 valence electrons. The number of carbonyl (C=O) groups is 1. The van der Waals surface area contributed by atoms with Gasteiger partial charge in [0.25, 0.3) is 5.89 Å². The van der Waals surface area contributed by atoms with Gasteiger partial charge < -0.3 is 23.6 Å². The van der Waals surface area contributed by atoms with Gasteiger partial charge in [-0.25, -0.2) is 9.18 Å². The summed E-state index contributed by atoms with van der Waals surface area (Å²) >= 11 is 0. The predicted molar refractivity (Wildman–Crippen MR) is 130 cm³/mol. The summed E-state index contributed by atoms with van der Waals surface area (Å²) in [7, 11) is 0. The lowest BCUT2D eigenvalue weighted by atomic mass is 10.1. The summed E-state index contributed by atoms with van der Waals surface area (Å²) < 4.78 is 35.2. The van der Waals surface area contributed by atoms with Gasteiger partial charge in [-0.2, -0.15) is 4.98 Å². The molecule has 0 bridgehead atoms. The van der Waals surface area contributed by atoms with Gasteiger partial charge in [-0.3, -0.25) is 0 Å². The summed E-state index contributed by atoms with van der Waals surface area (Å²) in [6.45, 7) is 6.61. The number of hydrogen-bond donors (Lipinski definition) is 0. The zero-order valence-electron chi connectivity index (χ0n) is 20.6. The lowest BCUT2D eigenvalue weighted by molar-refractivity contribution is -0.156. The molecule has 0 saturated carbocycles. The summed E-state index contributed by atoms with van der Waals surface area (Å²) in [5.41, 5.74) is 1.74. The van der Waals surface area contributed by atoms with Crippen LogP contribution in [0.5, 0.6) is 5.75 Å². The lowest BCUT2D eigenvalue weighted by Crippen LogP contribution is -2.29. The molecule has 0 spiro atoms. The second-order valence-corrected chi connectivity index (χ2v) is 7.64. The second kappa shape index (κ2) is 13.9. The van der Waals surface area contributed by atoms with E-state index in [0.29, 0.717) is 36.7 Å². The fourth-order valence-corrected chi connectivity index (χ4v) is 3.17. The Hall–Kier alpha value is -3.79. The molecule has 0 radical (unpaired) electrons. The third kappa shape index (κ3) is 7.88. The Labute approximate surface area is 209 Å². The van der Waals surface area contributed by atoms with Gasteiger partial charge in [0.05, 0.1) is 6.61 Å². The van der Waals surface area contributed by atoms with E-state index in [4.69, 9.17) is 23.6 Å². The maximum absolute atomic E-state index is 13.2. The minimum absolute atomic E-state index is 0.00894. The first-order valence-corrected chi connectivity index (χ1v) is 11.8. The molecule has 0 N–H and O–H groups in total. The second-order valence-electron chi connectivity index (χ2n) is 7.64. The molecule has 1 unspecified atom stereocenters. The van der Waals surface area contributed by atoms with E-state index < -0.39 is 12.1 Å². The average Bonchev–Trinajstić information content (AvgIpc) is 3.37. The molecule has 0 saturated heterocycles. The molecule has 3 aromatic rings. The van der Waals surface area contributed by atoms with Crippen molar-refractivity contribution < 1.29 is 32.8 Å². The summed E-state index contributed by atoms with van der Waals surface area (Å²) in [5.74, 6) is 0.203. The van der Waals surface area contributed by atoms with Crippen molar-refractivity contribution in [1.29, 1.82) is 0 Å². The van der Waals surface area contributed by atoms with E-state index in [1.54, 1.807) is 25.1 Å². The molecule has 9 nitrogen and oxygen atoms in total. The van der Waals surface area contributed by atoms with Gasteiger partial charge in [-0.1, -0.05) is 29.4 Å². The molecule has 3 rings (SSSR count). The molecule has 1 heterocycles. The SMILES string of the molecule is CCCON=C(COc1cccc(CC(OCC)C(=O)OCC)c1)c1nc(-c2ccc(F)cc2)no1. The summed E-state index contributed by atoms with van der Waals surface area (Å²) in [6.07, 6.45) is 0.411. The number of halogens is 1. The summed E-state index contributed by atoms with van der Waals surface area (Å²) in [6, 6.07) is 13.1. The maximum atomic E-state index is 13.2. The van der Waals surface area contributed by atoms with Crippen LogP contribution < -0.4 is 4.74 Å². The van der Waals surface area contributed by atoms with Crippen LogP contribution in [0, 0.1) is 5.82 Å². The number of esters is 1. The molecule has 36 heavy (non-hydrogen) atoms. The Kier molecular flexibility index (Phi) is 10.4. The van der Waals surface area contributed by atoms with Crippen LogP contribution in [0.2, 0.25) is 0 Å². The average molecular weight is 500 g/mol. The van der Waals surface area contributed by atoms with Crippen LogP contribution in [0.3, 0.4) is 0 Å². The van der Waals surface area contributed by atoms with E-state index in [-0.39, 0.29) is 30.7 Å². The third-order valence-electron chi connectivity index (χ3n) is 4.86. The van der Waals surface area contributed by atoms with E-state index in [1.807, 2.05) is 32.0 Å². The number of hydrogen-bond acceptors (Lipinski definition) is 9. The maximum Gasteiger partial charge on any atom is 0.335 e. The van der Waals surface area contributed by atoms with Crippen molar-refractivity contribution in [1.82, 2.24) is 10.1 Å². The molecule has 1 aromatic heterocycles. The van der Waals surface area contributed by atoms with Crippen molar-refractivity contribution in [3.63, 3.8) is 0 Å². The molecular formula is C26H30FN3O6. The van der Waals surface area contributed by atoms with E-state index >= 15 is 0 Å². The van der Waals surface area contributed by atoms with E-state index in [0.717, 1.165) is 12.0 Å². The molecule has 0 amide bonds. The highest BCUT2D eigenvalue weighted by atomic mass is 19.1. The first-order valence-electron chi connectivity index (χ1n) is 11.8. The molecule has 1 atom stereocenters. The fourth-order valence-electron chi connectivity index (χ4n) is 3.17. The van der Waals surface area contributed by atoms with Crippen LogP contribution in [0.15, 0.2) is 58.2 Å². The number of ether oxygens (including phenoxy) is 3. The number of aromatic nitrogens is 2. The van der Waals surface area contributed by atoms with E-state index in [9.17, 15) is 9.18 Å². The molecule has 2 aromatic carbocycles. The van der Waals surface area contributed by atoms with Crippen LogP contribution in [-0.4, -0.2) is 54.4 Å². The van der Waals surface area contributed by atoms with Crippen LogP contribution in [0.4, 0.5) is 4.39 Å². The van der Waals surface area contributed by atoms with Gasteiger partial charge in [-0.15, -0.1) is 0 Å². The Morgan fingerprint density at radius 1 is 1.11 bits per heavy atom. The number of oxime groups is 1. The van der Waals surface area contributed by atoms with Crippen molar-refractivity contribution in [2.45, 2.75) is 39.7 Å². The predicted octanol–water partition coefficient (Wildman–Crippen LogP) is 4.60. The first-order chi connectivity index (χ1) is 17.5. The normalized spacial score (nSPS) is 12.3. The van der Waals surface area contributed by atoms with Gasteiger partial charge in [0.1, 0.15) is 24.8 Å². The Balaban J connectivity index is 1.72. The van der Waals surface area contributed by atoms with Crippen LogP contribution in [-0.2, 0) is 25.5 Å². The van der Waals surface area contributed by atoms with E-state index in [2.05, 4.69) is 15.3 Å². The monoisotopic (exact) mass is 499 g/mol. The van der Waals surface area contributed by atoms with Gasteiger partial charge in [0.2, 0.25) is 5.82 Å². The Morgan fingerprint density at radius 2 is 1.92 bits per heavy atom. The number of nitrogens with zero attached hydrogens (tertiary/aromatic N) is 3. The highest BCUT2D eigenvalue weighted by Crippen LogP contribution is 2.19. The minimum Gasteiger partial charge on any atom is -0.487 e. The summed E-state index contributed by atoms with van der Waals surface area (Å²) in [4.78, 5) is 21.9. The first kappa shape index (κ1) is 26.8. The Morgan fingerprint density at radius 3 is 2.64 bits per heavy atom. The third-order valence-corrected chi connectivity index (χ3v) is 4.86. The van der Waals surface area contributed by atoms with Crippen molar-refractivity contribution in [2.75, 3.05) is 26.4 Å². The van der Waals surface area contributed by atoms with Gasteiger partial charge >= 0.3 is 5.97 Å². The number of benzene rings is 2. The molecule has 0 fully saturated rings. The molecule has 0 aliphatic heterocycles. The van der Waals surface area contributed by atoms with Crippen molar-refractivity contribution in [3.8, 4) is 17.1 Å². The van der Waals surface area contributed by atoms with E-state index in [1.165, 1.54) is 12.1 Å². The molecule has 10 heteroatoms. The highest BCUT2D eigenvalue weighted by molar-refractivity contribution is 5.97. The Bertz CT molecular complexity index is 1130. The largest absolute Gasteiger partial charge is 0.487 e. The quantitative estimate of drug-likeness (QED) is 0.137. The van der Waals surface area contributed by atoms with Crippen molar-refractivity contribution in [2.24, 2.45) is 5.16 Å². The van der Waals surface area contributed by atoms with Crippen molar-refractivity contribution in [3.05, 3.63) is 65.8 Å². The van der Waals surface area contributed by atoms with Crippen LogP contribution in [0.25, 0.3) is 11.4 Å². The number of rotatable bonds is 14. The van der Waals surface area contributed by atoms with Crippen molar-refractivity contribution >= 4 is 11.7 Å². The van der Waals surface area contributed by atoms with Crippen LogP contribution in [0.1, 0.15) is 38.6 Å². The highest BCUT2D eigenvalue weighted by Gasteiger charge is 2.21. The smallest absolute Gasteiger partial charge is 0.335 e. The zero-order chi connectivity index (χ0) is 25.8. The molecule has 0 aliphatic rings. The van der Waals surface area contributed by atoms with Gasteiger partial charge in [-0.05, 0) is 62.2 Å². The van der Waals surface area contributed by atoms with Gasteiger partial charge in [0.15, 0.2) is 11.8 Å². The minimum atomic E-state index is -0.701. The zero-order valence-corrected chi connectivity index (χ0v) is 20.6. The lowest BCUT2D eigenvalue weighted by Gasteiger charge is -2.16. The molecular weight excluding hydrogens is 469 g/mol. The molecule has 0 aliphatic carbocycles. The standard InChI is InChI=1S/C26H30FN3O6/c1-4-14-35-29-22(25-28-24(30-36-25)19-10-12-20(27)13-11-19)17-34-21-9-7-8-18(15-21)16-23(32-5-2)26(31)33-6-3/h7-13,15,23H,4-6,14,16-17H2,1-3H3. The van der Waals surface area contributed by atoms with Gasteiger partial charge in [0, 0.05) is 18.6 Å². The topological polar surface area (TPSA) is 105 Å². The van der Waals surface area contributed by atoms with Crippen LogP contribution >= 0.6 is 0 Å². The summed E-state index contributed by atoms with van der Waals surface area (Å²) in [5, 5.41) is 8.07.